The Balaban J connectivity index is 0.00000225. The van der Waals surface area contributed by atoms with Crippen molar-refractivity contribution in [2.45, 2.75) is 13.0 Å². The van der Waals surface area contributed by atoms with E-state index in [1.807, 2.05) is 49.4 Å². The second-order valence-corrected chi connectivity index (χ2v) is 7.48. The van der Waals surface area contributed by atoms with E-state index in [0.717, 1.165) is 30.0 Å². The van der Waals surface area contributed by atoms with E-state index >= 15 is 0 Å². The van der Waals surface area contributed by atoms with Crippen LogP contribution in [-0.2, 0) is 4.79 Å². The summed E-state index contributed by atoms with van der Waals surface area (Å²) in [7, 11) is 0. The zero-order chi connectivity index (χ0) is 18.8. The first-order chi connectivity index (χ1) is 13.1. The number of benzene rings is 2. The fourth-order valence-corrected chi connectivity index (χ4v) is 3.69. The summed E-state index contributed by atoms with van der Waals surface area (Å²) < 4.78 is 11.3. The van der Waals surface area contributed by atoms with Crippen LogP contribution >= 0.6 is 24.0 Å². The fourth-order valence-electron chi connectivity index (χ4n) is 3.44. The maximum Gasteiger partial charge on any atom is 0.223 e. The van der Waals surface area contributed by atoms with Crippen molar-refractivity contribution in [2.75, 3.05) is 26.3 Å². The third-order valence-corrected chi connectivity index (χ3v) is 5.68. The number of nitrogens with one attached hydrogen (secondary N) is 2. The summed E-state index contributed by atoms with van der Waals surface area (Å²) in [5.74, 6) is 1.76. The summed E-state index contributed by atoms with van der Waals surface area (Å²) >= 11 is 6.46. The van der Waals surface area contributed by atoms with Crippen molar-refractivity contribution < 1.29 is 14.3 Å². The Hall–Kier alpha value is -1.95. The topological polar surface area (TPSA) is 59.6 Å². The number of carbonyl (C=O) groups is 1. The minimum atomic E-state index is -0.350. The second-order valence-electron chi connectivity index (χ2n) is 7.07. The number of hydrogen-bond donors (Lipinski definition) is 2. The molecule has 7 heteroatoms. The van der Waals surface area contributed by atoms with E-state index in [0.29, 0.717) is 29.9 Å². The van der Waals surface area contributed by atoms with Gasteiger partial charge in [-0.25, -0.2) is 0 Å². The fraction of sp³-hybridized carbons (Fsp3) is 0.381. The molecule has 0 aliphatic carbocycles. The summed E-state index contributed by atoms with van der Waals surface area (Å²) in [4.78, 5) is 12.9. The Morgan fingerprint density at radius 2 is 1.86 bits per heavy atom. The number of rotatable bonds is 5. The van der Waals surface area contributed by atoms with Crippen LogP contribution in [0.2, 0.25) is 5.02 Å². The van der Waals surface area contributed by atoms with Gasteiger partial charge in [0.15, 0.2) is 11.5 Å². The lowest BCUT2D eigenvalue weighted by atomic mass is 9.87. The minimum Gasteiger partial charge on any atom is -0.486 e. The molecule has 2 atom stereocenters. The summed E-state index contributed by atoms with van der Waals surface area (Å²) in [6, 6.07) is 13.0. The normalized spacial score (nSPS) is 17.6. The van der Waals surface area contributed by atoms with E-state index in [4.69, 9.17) is 21.1 Å². The van der Waals surface area contributed by atoms with E-state index in [1.54, 1.807) is 0 Å². The van der Waals surface area contributed by atoms with Gasteiger partial charge in [-0.2, -0.15) is 0 Å². The third kappa shape index (κ3) is 4.22. The first-order valence-corrected chi connectivity index (χ1v) is 9.66. The van der Waals surface area contributed by atoms with Crippen LogP contribution in [0.4, 0.5) is 0 Å². The van der Waals surface area contributed by atoms with Crippen LogP contribution in [-0.4, -0.2) is 32.2 Å². The third-order valence-electron chi connectivity index (χ3n) is 5.34. The molecule has 2 aromatic rings. The standard InChI is InChI=1S/C21H23ClN2O3.ClH/c1-13(15-11-23-12-15)21(25)24-20(16-4-2-3-5-17(16)22)14-6-7-18-19(10-14)27-9-8-26-18;/h2-7,10,13,15,20,23H,8-9,11-12H2,1H3,(H,24,25);1H. The first-order valence-electron chi connectivity index (χ1n) is 9.28. The predicted molar refractivity (Wildman–Crippen MR) is 112 cm³/mol. The number of carbonyl (C=O) groups excluding carboxylic acids is 1. The Bertz CT molecular complexity index is 842. The van der Waals surface area contributed by atoms with Crippen molar-refractivity contribution in [1.82, 2.24) is 10.6 Å². The summed E-state index contributed by atoms with van der Waals surface area (Å²) in [5, 5.41) is 7.04. The van der Waals surface area contributed by atoms with Crippen LogP contribution in [0.15, 0.2) is 42.5 Å². The maximum atomic E-state index is 12.9. The highest BCUT2D eigenvalue weighted by Crippen LogP contribution is 2.36. The molecule has 1 fully saturated rings. The van der Waals surface area contributed by atoms with Gasteiger partial charge in [-0.1, -0.05) is 42.8 Å². The smallest absolute Gasteiger partial charge is 0.223 e. The van der Waals surface area contributed by atoms with Crippen molar-refractivity contribution in [3.05, 3.63) is 58.6 Å². The zero-order valence-corrected chi connectivity index (χ0v) is 17.2. The van der Waals surface area contributed by atoms with Gasteiger partial charge in [0.25, 0.3) is 0 Å². The average molecular weight is 423 g/mol. The maximum absolute atomic E-state index is 12.9. The Labute approximate surface area is 176 Å². The molecule has 5 nitrogen and oxygen atoms in total. The number of fused-ring (bicyclic) bond motifs is 1. The van der Waals surface area contributed by atoms with E-state index < -0.39 is 0 Å². The van der Waals surface area contributed by atoms with E-state index in [9.17, 15) is 4.79 Å². The molecule has 2 heterocycles. The lowest BCUT2D eigenvalue weighted by Gasteiger charge is -2.33. The predicted octanol–water partition coefficient (Wildman–Crippen LogP) is 3.59. The van der Waals surface area contributed by atoms with Crippen molar-refractivity contribution in [3.63, 3.8) is 0 Å². The van der Waals surface area contributed by atoms with E-state index in [-0.39, 0.29) is 30.3 Å². The molecule has 1 saturated heterocycles. The molecule has 1 amide bonds. The van der Waals surface area contributed by atoms with Gasteiger partial charge in [-0.3, -0.25) is 4.79 Å². The summed E-state index contributed by atoms with van der Waals surface area (Å²) in [6.07, 6.45) is 0. The molecule has 2 N–H and O–H groups in total. The van der Waals surface area contributed by atoms with Gasteiger partial charge < -0.3 is 20.1 Å². The van der Waals surface area contributed by atoms with Gasteiger partial charge in [-0.15, -0.1) is 12.4 Å². The minimum absolute atomic E-state index is 0. The van der Waals surface area contributed by atoms with Gasteiger partial charge in [0.1, 0.15) is 13.2 Å². The molecule has 2 aliphatic heterocycles. The Morgan fingerprint density at radius 1 is 1.14 bits per heavy atom. The van der Waals surface area contributed by atoms with Crippen LogP contribution < -0.4 is 20.1 Å². The zero-order valence-electron chi connectivity index (χ0n) is 15.6. The van der Waals surface area contributed by atoms with Crippen molar-refractivity contribution in [1.29, 1.82) is 0 Å². The molecular weight excluding hydrogens is 399 g/mol. The second kappa shape index (κ2) is 9.03. The van der Waals surface area contributed by atoms with Gasteiger partial charge in [0.05, 0.1) is 6.04 Å². The molecule has 28 heavy (non-hydrogen) atoms. The van der Waals surface area contributed by atoms with Crippen molar-refractivity contribution >= 4 is 29.9 Å². The lowest BCUT2D eigenvalue weighted by molar-refractivity contribution is -0.127. The Kier molecular flexibility index (Phi) is 6.70. The number of halogens is 2. The summed E-state index contributed by atoms with van der Waals surface area (Å²) in [6.45, 7) is 4.81. The molecule has 150 valence electrons. The van der Waals surface area contributed by atoms with Crippen LogP contribution in [0.5, 0.6) is 11.5 Å². The summed E-state index contributed by atoms with van der Waals surface area (Å²) in [5.41, 5.74) is 1.78. The first kappa shape index (κ1) is 20.8. The molecular formula is C21H24Cl2N2O3. The van der Waals surface area contributed by atoms with Gasteiger partial charge in [0, 0.05) is 10.9 Å². The van der Waals surface area contributed by atoms with E-state index in [2.05, 4.69) is 10.6 Å². The SMILES string of the molecule is CC(C(=O)NC(c1ccc2c(c1)OCCO2)c1ccccc1Cl)C1CNC1.Cl. The van der Waals surface area contributed by atoms with Crippen molar-refractivity contribution in [3.8, 4) is 11.5 Å². The molecule has 2 aliphatic rings. The number of ether oxygens (including phenoxy) is 2. The highest BCUT2D eigenvalue weighted by molar-refractivity contribution is 6.31. The highest BCUT2D eigenvalue weighted by atomic mass is 35.5. The number of hydrogen-bond acceptors (Lipinski definition) is 4. The molecule has 2 aromatic carbocycles. The van der Waals surface area contributed by atoms with Gasteiger partial charge in [-0.05, 0) is 48.3 Å². The lowest BCUT2D eigenvalue weighted by Crippen LogP contribution is -2.50. The monoisotopic (exact) mass is 422 g/mol. The molecule has 0 spiro atoms. The molecule has 4 rings (SSSR count). The molecule has 2 unspecified atom stereocenters. The molecule has 0 bridgehead atoms. The van der Waals surface area contributed by atoms with Gasteiger partial charge in [0.2, 0.25) is 5.91 Å². The quantitative estimate of drug-likeness (QED) is 0.772. The van der Waals surface area contributed by atoms with E-state index in [1.165, 1.54) is 0 Å². The largest absolute Gasteiger partial charge is 0.486 e. The molecule has 0 radical (unpaired) electrons. The van der Waals surface area contributed by atoms with Crippen LogP contribution in [0.3, 0.4) is 0 Å². The van der Waals surface area contributed by atoms with Crippen LogP contribution in [0.1, 0.15) is 24.1 Å². The van der Waals surface area contributed by atoms with Crippen LogP contribution in [0.25, 0.3) is 0 Å². The average Bonchev–Trinajstić information content (AvgIpc) is 2.65. The number of amides is 1. The van der Waals surface area contributed by atoms with Gasteiger partial charge >= 0.3 is 0 Å². The highest BCUT2D eigenvalue weighted by Gasteiger charge is 2.31. The Morgan fingerprint density at radius 3 is 2.54 bits per heavy atom. The molecule has 0 aromatic heterocycles. The molecule has 0 saturated carbocycles. The van der Waals surface area contributed by atoms with Crippen molar-refractivity contribution in [2.24, 2.45) is 11.8 Å². The van der Waals surface area contributed by atoms with Crippen LogP contribution in [0, 0.1) is 11.8 Å².